The Hall–Kier alpha value is -0.940. The minimum atomic E-state index is -0.144. The van der Waals surface area contributed by atoms with Gasteiger partial charge in [-0.15, -0.1) is 0 Å². The van der Waals surface area contributed by atoms with E-state index >= 15 is 0 Å². The number of likely N-dealkylation sites (tertiary alicyclic amines) is 1. The van der Waals surface area contributed by atoms with Crippen LogP contribution in [0.1, 0.15) is 35.7 Å². The fourth-order valence-corrected chi connectivity index (χ4v) is 2.85. The van der Waals surface area contributed by atoms with Gasteiger partial charge in [-0.25, -0.2) is 0 Å². The van der Waals surface area contributed by atoms with Crippen molar-refractivity contribution >= 4 is 39.2 Å². The van der Waals surface area contributed by atoms with E-state index in [0.717, 1.165) is 41.9 Å². The van der Waals surface area contributed by atoms with Gasteiger partial charge in [0.1, 0.15) is 0 Å². The smallest absolute Gasteiger partial charge is 0.257 e. The molecule has 3 nitrogen and oxygen atoms in total. The fraction of sp³-hybridized carbons (Fsp3) is 0.467. The molecule has 1 heterocycles. The van der Waals surface area contributed by atoms with Crippen LogP contribution in [0.4, 0.5) is 0 Å². The summed E-state index contributed by atoms with van der Waals surface area (Å²) in [6, 6.07) is 5.56. The predicted molar refractivity (Wildman–Crippen MR) is 88.9 cm³/mol. The van der Waals surface area contributed by atoms with Crippen molar-refractivity contribution in [1.82, 2.24) is 10.2 Å². The first-order valence-corrected chi connectivity index (χ1v) is 8.04. The zero-order valence-electron chi connectivity index (χ0n) is 11.8. The van der Waals surface area contributed by atoms with Gasteiger partial charge in [0.05, 0.1) is 0 Å². The molecule has 1 aliphatic heterocycles. The maximum absolute atomic E-state index is 12.2. The summed E-state index contributed by atoms with van der Waals surface area (Å²) in [4.78, 5) is 14.3. The molecule has 1 aromatic rings. The van der Waals surface area contributed by atoms with E-state index in [1.54, 1.807) is 0 Å². The Kier molecular flexibility index (Phi) is 5.16. The molecule has 108 valence electrons. The molecule has 0 atom stereocenters. The van der Waals surface area contributed by atoms with Crippen molar-refractivity contribution in [2.24, 2.45) is 5.92 Å². The van der Waals surface area contributed by atoms with Gasteiger partial charge < -0.3 is 4.90 Å². The Morgan fingerprint density at radius 3 is 2.65 bits per heavy atom. The summed E-state index contributed by atoms with van der Waals surface area (Å²) < 4.78 is 0.933. The topological polar surface area (TPSA) is 32.3 Å². The van der Waals surface area contributed by atoms with E-state index in [1.165, 1.54) is 0 Å². The van der Waals surface area contributed by atoms with Crippen molar-refractivity contribution in [1.29, 1.82) is 0 Å². The summed E-state index contributed by atoms with van der Waals surface area (Å²) in [7, 11) is 0. The molecule has 0 spiro atoms. The van der Waals surface area contributed by atoms with Crippen LogP contribution >= 0.6 is 28.1 Å². The Labute approximate surface area is 133 Å². The van der Waals surface area contributed by atoms with E-state index in [4.69, 9.17) is 12.2 Å². The third-order valence-corrected chi connectivity index (χ3v) is 4.94. The largest absolute Gasteiger partial charge is 0.349 e. The molecule has 1 aromatic carbocycles. The van der Waals surface area contributed by atoms with Crippen LogP contribution in [-0.4, -0.2) is 29.0 Å². The second-order valence-electron chi connectivity index (χ2n) is 5.39. The molecule has 1 saturated heterocycles. The quantitative estimate of drug-likeness (QED) is 0.783. The Morgan fingerprint density at radius 1 is 1.40 bits per heavy atom. The number of nitrogens with one attached hydrogen (secondary N) is 1. The number of piperidine rings is 1. The Balaban J connectivity index is 1.97. The minimum absolute atomic E-state index is 0.144. The van der Waals surface area contributed by atoms with Gasteiger partial charge in [0.2, 0.25) is 0 Å². The maximum Gasteiger partial charge on any atom is 0.257 e. The first-order valence-electron chi connectivity index (χ1n) is 6.84. The second-order valence-corrected chi connectivity index (χ2v) is 6.63. The maximum atomic E-state index is 12.2. The van der Waals surface area contributed by atoms with E-state index in [9.17, 15) is 4.79 Å². The van der Waals surface area contributed by atoms with Crippen molar-refractivity contribution < 1.29 is 4.79 Å². The van der Waals surface area contributed by atoms with Gasteiger partial charge in [-0.2, -0.15) is 0 Å². The summed E-state index contributed by atoms with van der Waals surface area (Å²) in [6.07, 6.45) is 2.26. The molecule has 0 unspecified atom stereocenters. The lowest BCUT2D eigenvalue weighted by Gasteiger charge is -2.32. The van der Waals surface area contributed by atoms with Crippen LogP contribution in [0, 0.1) is 12.8 Å². The molecule has 5 heteroatoms. The van der Waals surface area contributed by atoms with Gasteiger partial charge >= 0.3 is 0 Å². The Bertz CT molecular complexity index is 525. The summed E-state index contributed by atoms with van der Waals surface area (Å²) in [6.45, 7) is 6.10. The molecular weight excluding hydrogens is 336 g/mol. The fourth-order valence-electron chi connectivity index (χ4n) is 2.19. The molecule has 0 saturated carbocycles. The van der Waals surface area contributed by atoms with E-state index < -0.39 is 0 Å². The molecule has 1 N–H and O–H groups in total. The zero-order valence-corrected chi connectivity index (χ0v) is 14.2. The molecule has 1 aliphatic rings. The van der Waals surface area contributed by atoms with E-state index in [0.29, 0.717) is 10.7 Å². The molecule has 20 heavy (non-hydrogen) atoms. The van der Waals surface area contributed by atoms with Gasteiger partial charge in [-0.05, 0) is 55.6 Å². The van der Waals surface area contributed by atoms with Crippen LogP contribution in [0.3, 0.4) is 0 Å². The number of thiocarbonyl (C=S) groups is 1. The number of rotatable bonds is 1. The normalized spacial score (nSPS) is 16.1. The predicted octanol–water partition coefficient (Wildman–Crippen LogP) is 3.50. The third kappa shape index (κ3) is 3.79. The summed E-state index contributed by atoms with van der Waals surface area (Å²) in [5, 5.41) is 3.37. The molecule has 1 amide bonds. The summed E-state index contributed by atoms with van der Waals surface area (Å²) in [5.74, 6) is 0.604. The number of benzene rings is 1. The highest BCUT2D eigenvalue weighted by atomic mass is 79.9. The van der Waals surface area contributed by atoms with Crippen molar-refractivity contribution in [3.05, 3.63) is 33.8 Å². The first-order chi connectivity index (χ1) is 9.47. The molecule has 0 bridgehead atoms. The van der Waals surface area contributed by atoms with Crippen LogP contribution in [0.2, 0.25) is 0 Å². The number of amides is 1. The molecule has 0 aromatic heterocycles. The minimum Gasteiger partial charge on any atom is -0.349 e. The highest BCUT2D eigenvalue weighted by molar-refractivity contribution is 9.10. The highest BCUT2D eigenvalue weighted by Gasteiger charge is 2.19. The number of hydrogen-bond acceptors (Lipinski definition) is 2. The first kappa shape index (κ1) is 15.4. The van der Waals surface area contributed by atoms with Crippen LogP contribution < -0.4 is 5.32 Å². The number of carbonyl (C=O) groups excluding carboxylic acids is 1. The molecular formula is C15H19BrN2OS. The number of aryl methyl sites for hydroxylation is 1. The number of nitrogens with zero attached hydrogens (tertiary/aromatic N) is 1. The van der Waals surface area contributed by atoms with Crippen molar-refractivity contribution in [3.63, 3.8) is 0 Å². The number of hydrogen-bond donors (Lipinski definition) is 1. The Morgan fingerprint density at radius 2 is 2.05 bits per heavy atom. The third-order valence-electron chi connectivity index (χ3n) is 3.73. The lowest BCUT2D eigenvalue weighted by atomic mass is 10.00. The van der Waals surface area contributed by atoms with Gasteiger partial charge in [0, 0.05) is 23.1 Å². The molecule has 0 radical (unpaired) electrons. The molecule has 0 aliphatic carbocycles. The second kappa shape index (κ2) is 6.68. The van der Waals surface area contributed by atoms with E-state index in [1.807, 2.05) is 25.1 Å². The monoisotopic (exact) mass is 354 g/mol. The van der Waals surface area contributed by atoms with Crippen molar-refractivity contribution in [3.8, 4) is 0 Å². The van der Waals surface area contributed by atoms with Crippen LogP contribution in [0.5, 0.6) is 0 Å². The lowest BCUT2D eigenvalue weighted by Crippen LogP contribution is -2.46. The van der Waals surface area contributed by atoms with Gasteiger partial charge in [-0.1, -0.05) is 28.9 Å². The van der Waals surface area contributed by atoms with Crippen molar-refractivity contribution in [2.75, 3.05) is 13.1 Å². The molecule has 1 fully saturated rings. The standard InChI is InChI=1S/C15H19BrN2OS/c1-10-5-7-18(8-6-10)15(20)17-14(19)12-4-3-11(2)13(16)9-12/h3-4,9-10H,5-8H2,1-2H3,(H,17,19,20). The SMILES string of the molecule is Cc1ccc(C(=O)NC(=S)N2CCC(C)CC2)cc1Br. The van der Waals surface area contributed by atoms with Gasteiger partial charge in [0.15, 0.2) is 5.11 Å². The van der Waals surface area contributed by atoms with Gasteiger partial charge in [0.25, 0.3) is 5.91 Å². The van der Waals surface area contributed by atoms with Crippen LogP contribution in [0.25, 0.3) is 0 Å². The summed E-state index contributed by atoms with van der Waals surface area (Å²) in [5.41, 5.74) is 1.73. The summed E-state index contributed by atoms with van der Waals surface area (Å²) >= 11 is 8.77. The van der Waals surface area contributed by atoms with Crippen molar-refractivity contribution in [2.45, 2.75) is 26.7 Å². The lowest BCUT2D eigenvalue weighted by molar-refractivity contribution is 0.0972. The van der Waals surface area contributed by atoms with Gasteiger partial charge in [-0.3, -0.25) is 10.1 Å². The average molecular weight is 355 g/mol. The van der Waals surface area contributed by atoms with E-state index in [2.05, 4.69) is 33.1 Å². The zero-order chi connectivity index (χ0) is 14.7. The molecule has 2 rings (SSSR count). The number of carbonyl (C=O) groups is 1. The van der Waals surface area contributed by atoms with E-state index in [-0.39, 0.29) is 5.91 Å². The number of halogens is 1. The van der Waals surface area contributed by atoms with Crippen LogP contribution in [-0.2, 0) is 0 Å². The average Bonchev–Trinajstić information content (AvgIpc) is 2.42. The highest BCUT2D eigenvalue weighted by Crippen LogP contribution is 2.18. The van der Waals surface area contributed by atoms with Crippen LogP contribution in [0.15, 0.2) is 22.7 Å².